The monoisotopic (exact) mass is 636 g/mol. The Labute approximate surface area is 290 Å². The maximum atomic E-state index is 2.41. The number of rotatable bonds is 5. The number of aromatic nitrogens is 1. The average molecular weight is 637 g/mol. The fourth-order valence-electron chi connectivity index (χ4n) is 7.94. The second-order valence-corrected chi connectivity index (χ2v) is 12.9. The molecule has 0 aliphatic heterocycles. The van der Waals surface area contributed by atoms with Gasteiger partial charge in [0.2, 0.25) is 0 Å². The topological polar surface area (TPSA) is 8.17 Å². The van der Waals surface area contributed by atoms with Gasteiger partial charge in [-0.1, -0.05) is 140 Å². The smallest absolute Gasteiger partial charge is 0.0782 e. The van der Waals surface area contributed by atoms with Crippen LogP contribution >= 0.6 is 0 Å². The Morgan fingerprint density at radius 1 is 0.380 bits per heavy atom. The third kappa shape index (κ3) is 4.43. The van der Waals surface area contributed by atoms with Crippen LogP contribution < -0.4 is 4.90 Å². The summed E-state index contributed by atoms with van der Waals surface area (Å²) in [5, 5.41) is 10.2. The van der Waals surface area contributed by atoms with E-state index in [2.05, 4.69) is 204 Å². The molecule has 0 atom stereocenters. The van der Waals surface area contributed by atoms with Crippen molar-refractivity contribution < 1.29 is 0 Å². The lowest BCUT2D eigenvalue weighted by atomic mass is 9.91. The van der Waals surface area contributed by atoms with Crippen molar-refractivity contribution in [1.29, 1.82) is 0 Å². The molecular formula is C48H32N2. The van der Waals surface area contributed by atoms with Crippen molar-refractivity contribution in [2.24, 2.45) is 0 Å². The first-order valence-electron chi connectivity index (χ1n) is 17.2. The summed E-state index contributed by atoms with van der Waals surface area (Å²) in [5.41, 5.74) is 9.31. The van der Waals surface area contributed by atoms with Gasteiger partial charge in [-0.15, -0.1) is 0 Å². The minimum atomic E-state index is 1.11. The Morgan fingerprint density at radius 2 is 0.980 bits per heavy atom. The molecule has 50 heavy (non-hydrogen) atoms. The van der Waals surface area contributed by atoms with E-state index in [4.69, 9.17) is 0 Å². The van der Waals surface area contributed by atoms with E-state index in [1.807, 2.05) is 0 Å². The van der Waals surface area contributed by atoms with E-state index in [1.165, 1.54) is 65.3 Å². The van der Waals surface area contributed by atoms with Crippen LogP contribution in [0.2, 0.25) is 0 Å². The van der Waals surface area contributed by atoms with Gasteiger partial charge in [-0.25, -0.2) is 0 Å². The first-order chi connectivity index (χ1) is 24.8. The third-order valence-electron chi connectivity index (χ3n) is 10.1. The summed E-state index contributed by atoms with van der Waals surface area (Å²) in [5.74, 6) is 0. The summed E-state index contributed by atoms with van der Waals surface area (Å²) in [7, 11) is 0. The molecule has 0 radical (unpaired) electrons. The van der Waals surface area contributed by atoms with Crippen LogP contribution in [-0.2, 0) is 0 Å². The normalized spacial score (nSPS) is 11.6. The van der Waals surface area contributed by atoms with Crippen LogP contribution in [0.25, 0.3) is 70.9 Å². The van der Waals surface area contributed by atoms with E-state index < -0.39 is 0 Å². The number of nitrogens with zero attached hydrogens (tertiary/aromatic N) is 2. The van der Waals surface area contributed by atoms with Gasteiger partial charge in [0, 0.05) is 27.8 Å². The third-order valence-corrected chi connectivity index (χ3v) is 10.1. The summed E-state index contributed by atoms with van der Waals surface area (Å²) in [6.07, 6.45) is 0. The van der Waals surface area contributed by atoms with Crippen molar-refractivity contribution in [3.8, 4) is 16.8 Å². The van der Waals surface area contributed by atoms with Gasteiger partial charge in [-0.3, -0.25) is 0 Å². The zero-order valence-electron chi connectivity index (χ0n) is 27.4. The number of para-hydroxylation sites is 4. The molecule has 2 heteroatoms. The maximum absolute atomic E-state index is 2.41. The molecule has 10 aromatic rings. The highest BCUT2D eigenvalue weighted by Crippen LogP contribution is 2.44. The SMILES string of the molecule is c1ccc(N(c2ccc(-c3cc4ccc5ccccc5c4c4ccccc34)cc2)c2cccc3c4ccccc4n(-c4ccccc4)c23)cc1. The van der Waals surface area contributed by atoms with Gasteiger partial charge in [0.05, 0.1) is 16.7 Å². The first kappa shape index (κ1) is 28.4. The molecule has 9 aromatic carbocycles. The zero-order valence-corrected chi connectivity index (χ0v) is 27.4. The van der Waals surface area contributed by atoms with Gasteiger partial charge in [0.1, 0.15) is 0 Å². The molecule has 1 aromatic heterocycles. The quantitative estimate of drug-likeness (QED) is 0.171. The van der Waals surface area contributed by atoms with Crippen LogP contribution in [-0.4, -0.2) is 4.57 Å². The molecule has 2 nitrogen and oxygen atoms in total. The highest BCUT2D eigenvalue weighted by Gasteiger charge is 2.21. The van der Waals surface area contributed by atoms with Crippen molar-refractivity contribution in [2.75, 3.05) is 4.90 Å². The van der Waals surface area contributed by atoms with E-state index in [1.54, 1.807) is 0 Å². The highest BCUT2D eigenvalue weighted by atomic mass is 15.2. The lowest BCUT2D eigenvalue weighted by Crippen LogP contribution is -2.11. The Kier molecular flexibility index (Phi) is 6.53. The van der Waals surface area contributed by atoms with E-state index in [0.717, 1.165) is 22.7 Å². The fourth-order valence-corrected chi connectivity index (χ4v) is 7.94. The lowest BCUT2D eigenvalue weighted by Gasteiger charge is -2.27. The number of anilines is 3. The molecule has 0 aliphatic carbocycles. The van der Waals surface area contributed by atoms with E-state index >= 15 is 0 Å². The Morgan fingerprint density at radius 3 is 1.78 bits per heavy atom. The van der Waals surface area contributed by atoms with Crippen LogP contribution in [0.4, 0.5) is 17.1 Å². The van der Waals surface area contributed by atoms with Crippen LogP contribution in [0.1, 0.15) is 0 Å². The fraction of sp³-hybridized carbons (Fsp3) is 0. The minimum absolute atomic E-state index is 1.11. The van der Waals surface area contributed by atoms with Gasteiger partial charge in [0.15, 0.2) is 0 Å². The molecule has 0 saturated heterocycles. The van der Waals surface area contributed by atoms with E-state index in [9.17, 15) is 0 Å². The molecule has 0 bridgehead atoms. The number of benzene rings is 9. The van der Waals surface area contributed by atoms with Crippen LogP contribution in [0, 0.1) is 0 Å². The second-order valence-electron chi connectivity index (χ2n) is 12.9. The van der Waals surface area contributed by atoms with Crippen molar-refractivity contribution in [3.63, 3.8) is 0 Å². The summed E-state index contributed by atoms with van der Waals surface area (Å²) < 4.78 is 2.41. The number of hydrogen-bond donors (Lipinski definition) is 0. The van der Waals surface area contributed by atoms with Crippen LogP contribution in [0.5, 0.6) is 0 Å². The Bertz CT molecular complexity index is 2850. The summed E-state index contributed by atoms with van der Waals surface area (Å²) >= 11 is 0. The molecule has 0 unspecified atom stereocenters. The largest absolute Gasteiger partial charge is 0.308 e. The predicted octanol–water partition coefficient (Wildman–Crippen LogP) is 13.4. The van der Waals surface area contributed by atoms with Crippen molar-refractivity contribution in [1.82, 2.24) is 4.57 Å². The predicted molar refractivity (Wildman–Crippen MR) is 213 cm³/mol. The van der Waals surface area contributed by atoms with Gasteiger partial charge in [-0.05, 0) is 98.0 Å². The van der Waals surface area contributed by atoms with Crippen molar-refractivity contribution >= 4 is 71.2 Å². The summed E-state index contributed by atoms with van der Waals surface area (Å²) in [6.45, 7) is 0. The molecule has 1 heterocycles. The average Bonchev–Trinajstić information content (AvgIpc) is 3.54. The minimum Gasteiger partial charge on any atom is -0.308 e. The molecule has 0 N–H and O–H groups in total. The number of fused-ring (bicyclic) bond motifs is 8. The molecule has 0 spiro atoms. The molecule has 0 amide bonds. The van der Waals surface area contributed by atoms with Crippen molar-refractivity contribution in [3.05, 3.63) is 194 Å². The van der Waals surface area contributed by atoms with Crippen molar-refractivity contribution in [2.45, 2.75) is 0 Å². The van der Waals surface area contributed by atoms with Gasteiger partial charge in [-0.2, -0.15) is 0 Å². The molecular weight excluding hydrogens is 605 g/mol. The Hall–Kier alpha value is -6.64. The summed E-state index contributed by atoms with van der Waals surface area (Å²) in [4.78, 5) is 2.40. The maximum Gasteiger partial charge on any atom is 0.0782 e. The molecule has 234 valence electrons. The second kappa shape index (κ2) is 11.5. The van der Waals surface area contributed by atoms with E-state index in [-0.39, 0.29) is 0 Å². The highest BCUT2D eigenvalue weighted by molar-refractivity contribution is 6.23. The van der Waals surface area contributed by atoms with E-state index in [0.29, 0.717) is 0 Å². The van der Waals surface area contributed by atoms with Gasteiger partial charge >= 0.3 is 0 Å². The molecule has 0 saturated carbocycles. The zero-order chi connectivity index (χ0) is 33.0. The lowest BCUT2D eigenvalue weighted by molar-refractivity contribution is 1.17. The van der Waals surface area contributed by atoms with Crippen LogP contribution in [0.15, 0.2) is 194 Å². The van der Waals surface area contributed by atoms with Gasteiger partial charge < -0.3 is 9.47 Å². The molecule has 10 rings (SSSR count). The Balaban J connectivity index is 1.18. The first-order valence-corrected chi connectivity index (χ1v) is 17.2. The molecule has 0 fully saturated rings. The summed E-state index contributed by atoms with van der Waals surface area (Å²) in [6, 6.07) is 70.4. The number of hydrogen-bond acceptors (Lipinski definition) is 1. The molecule has 0 aliphatic rings. The standard InChI is InChI=1S/C48H32N2/c1-3-15-36(16-4-1)49(46-25-13-23-43-41-21-11-12-24-45(41)50(48(43)46)37-17-5-2-6-18-37)38-30-28-34(29-31-38)44-32-35-27-26-33-14-7-8-19-39(33)47(35)42-22-10-9-20-40(42)44/h1-32H. The van der Waals surface area contributed by atoms with Crippen LogP contribution in [0.3, 0.4) is 0 Å². The van der Waals surface area contributed by atoms with Gasteiger partial charge in [0.25, 0.3) is 0 Å².